The number of methoxy groups -OCH3 is 1. The molecule has 0 saturated heterocycles. The molecule has 118 valence electrons. The van der Waals surface area contributed by atoms with Crippen LogP contribution in [0.25, 0.3) is 0 Å². The van der Waals surface area contributed by atoms with Crippen molar-refractivity contribution < 1.29 is 9.47 Å². The smallest absolute Gasteiger partial charge is 0.161 e. The Morgan fingerprint density at radius 1 is 1.19 bits per heavy atom. The average Bonchev–Trinajstić information content (AvgIpc) is 2.75. The second-order valence-electron chi connectivity index (χ2n) is 4.91. The molecule has 21 heavy (non-hydrogen) atoms. The fourth-order valence-electron chi connectivity index (χ4n) is 2.32. The normalized spacial score (nSPS) is 14.5. The zero-order chi connectivity index (χ0) is 14.2. The Hall–Kier alpha value is -1.42. The van der Waals surface area contributed by atoms with E-state index in [0.717, 1.165) is 36.8 Å². The predicted molar refractivity (Wildman–Crippen MR) is 89.0 cm³/mol. The largest absolute Gasteiger partial charge is 0.493 e. The topological polar surface area (TPSA) is 42.8 Å². The van der Waals surface area contributed by atoms with Crippen molar-refractivity contribution in [3.8, 4) is 11.5 Å². The second-order valence-corrected chi connectivity index (χ2v) is 4.91. The van der Waals surface area contributed by atoms with Gasteiger partial charge in [-0.1, -0.05) is 12.5 Å². The predicted octanol–water partition coefficient (Wildman–Crippen LogP) is 3.58. The summed E-state index contributed by atoms with van der Waals surface area (Å²) in [5.74, 6) is 2.72. The quantitative estimate of drug-likeness (QED) is 0.903. The standard InChI is InChI=1S/C16H24N2O2.ClH/c1-3-20-14-9-8-13(11-15(14)19-2)12-18-16-7-5-4-6-10-17-16;/h8-9,11H,3-7,10,12H2,1-2H3,(H,17,18);1H. The first-order chi connectivity index (χ1) is 9.83. The Morgan fingerprint density at radius 3 is 2.81 bits per heavy atom. The molecule has 4 nitrogen and oxygen atoms in total. The number of nitrogens with zero attached hydrogens (tertiary/aromatic N) is 1. The van der Waals surface area contributed by atoms with Gasteiger partial charge in [0.15, 0.2) is 11.5 Å². The lowest BCUT2D eigenvalue weighted by Gasteiger charge is -2.12. The lowest BCUT2D eigenvalue weighted by molar-refractivity contribution is 0.310. The molecule has 0 spiro atoms. The van der Waals surface area contributed by atoms with Crippen LogP contribution in [0.5, 0.6) is 11.5 Å². The third-order valence-corrected chi connectivity index (χ3v) is 3.40. The van der Waals surface area contributed by atoms with Crippen LogP contribution in [-0.2, 0) is 6.54 Å². The summed E-state index contributed by atoms with van der Waals surface area (Å²) in [6.45, 7) is 4.35. The third kappa shape index (κ3) is 5.46. The van der Waals surface area contributed by atoms with Crippen molar-refractivity contribution in [1.29, 1.82) is 0 Å². The minimum Gasteiger partial charge on any atom is -0.493 e. The maximum Gasteiger partial charge on any atom is 0.161 e. The molecule has 0 aliphatic carbocycles. The number of nitrogens with one attached hydrogen (secondary N) is 1. The first-order valence-corrected chi connectivity index (χ1v) is 7.40. The van der Waals surface area contributed by atoms with Crippen molar-refractivity contribution in [2.75, 3.05) is 20.3 Å². The van der Waals surface area contributed by atoms with Crippen LogP contribution in [0, 0.1) is 0 Å². The molecule has 0 fully saturated rings. The number of benzene rings is 1. The fraction of sp³-hybridized carbons (Fsp3) is 0.562. The maximum atomic E-state index is 5.52. The molecule has 1 aromatic rings. The zero-order valence-corrected chi connectivity index (χ0v) is 13.7. The summed E-state index contributed by atoms with van der Waals surface area (Å²) < 4.78 is 10.9. The summed E-state index contributed by atoms with van der Waals surface area (Å²) in [7, 11) is 1.67. The molecule has 0 aromatic heterocycles. The molecule has 2 rings (SSSR count). The second kappa shape index (κ2) is 9.50. The van der Waals surface area contributed by atoms with E-state index in [1.807, 2.05) is 19.1 Å². The van der Waals surface area contributed by atoms with Crippen molar-refractivity contribution in [2.45, 2.75) is 39.2 Å². The molecular weight excluding hydrogens is 288 g/mol. The number of halogens is 1. The Bertz CT molecular complexity index is 464. The maximum absolute atomic E-state index is 5.52. The minimum absolute atomic E-state index is 0. The van der Waals surface area contributed by atoms with Gasteiger partial charge in [0.25, 0.3) is 0 Å². The summed E-state index contributed by atoms with van der Waals surface area (Å²) in [5.41, 5.74) is 1.18. The number of hydrogen-bond acceptors (Lipinski definition) is 4. The summed E-state index contributed by atoms with van der Waals surface area (Å²) in [6.07, 6.45) is 4.79. The summed E-state index contributed by atoms with van der Waals surface area (Å²) in [5, 5.41) is 3.43. The van der Waals surface area contributed by atoms with Crippen LogP contribution in [0.15, 0.2) is 23.2 Å². The van der Waals surface area contributed by atoms with Gasteiger partial charge >= 0.3 is 0 Å². The van der Waals surface area contributed by atoms with Gasteiger partial charge in [0, 0.05) is 19.5 Å². The Balaban J connectivity index is 0.00000220. The first-order valence-electron chi connectivity index (χ1n) is 7.40. The van der Waals surface area contributed by atoms with Crippen LogP contribution in [0.2, 0.25) is 0 Å². The van der Waals surface area contributed by atoms with Crippen LogP contribution in [0.4, 0.5) is 0 Å². The van der Waals surface area contributed by atoms with E-state index in [4.69, 9.17) is 9.47 Å². The number of amidine groups is 1. The zero-order valence-electron chi connectivity index (χ0n) is 12.9. The van der Waals surface area contributed by atoms with Gasteiger partial charge in [-0.15, -0.1) is 12.4 Å². The van der Waals surface area contributed by atoms with Gasteiger partial charge in [0.05, 0.1) is 19.6 Å². The average molecular weight is 313 g/mol. The van der Waals surface area contributed by atoms with E-state index >= 15 is 0 Å². The van der Waals surface area contributed by atoms with Crippen molar-refractivity contribution in [2.24, 2.45) is 4.99 Å². The summed E-state index contributed by atoms with van der Waals surface area (Å²) in [4.78, 5) is 4.58. The van der Waals surface area contributed by atoms with Crippen molar-refractivity contribution in [3.05, 3.63) is 23.8 Å². The number of hydrogen-bond donors (Lipinski definition) is 1. The van der Waals surface area contributed by atoms with Crippen LogP contribution < -0.4 is 14.8 Å². The molecular formula is C16H25ClN2O2. The summed E-state index contributed by atoms with van der Waals surface area (Å²) in [6, 6.07) is 6.06. The van der Waals surface area contributed by atoms with Crippen LogP contribution in [-0.4, -0.2) is 26.1 Å². The van der Waals surface area contributed by atoms with Crippen LogP contribution in [0.3, 0.4) is 0 Å². The van der Waals surface area contributed by atoms with Crippen LogP contribution in [0.1, 0.15) is 38.2 Å². The molecule has 1 N–H and O–H groups in total. The van der Waals surface area contributed by atoms with E-state index in [1.54, 1.807) is 7.11 Å². The molecule has 1 aromatic carbocycles. The van der Waals surface area contributed by atoms with Gasteiger partial charge in [0.2, 0.25) is 0 Å². The fourth-order valence-corrected chi connectivity index (χ4v) is 2.32. The van der Waals surface area contributed by atoms with Gasteiger partial charge in [-0.3, -0.25) is 4.99 Å². The highest BCUT2D eigenvalue weighted by Gasteiger charge is 2.07. The van der Waals surface area contributed by atoms with Gasteiger partial charge in [-0.2, -0.15) is 0 Å². The lowest BCUT2D eigenvalue weighted by Crippen LogP contribution is -2.22. The van der Waals surface area contributed by atoms with Crippen molar-refractivity contribution in [3.63, 3.8) is 0 Å². The van der Waals surface area contributed by atoms with E-state index in [0.29, 0.717) is 6.61 Å². The molecule has 1 aliphatic rings. The first kappa shape index (κ1) is 17.6. The minimum atomic E-state index is 0. The Kier molecular flexibility index (Phi) is 7.98. The van der Waals surface area contributed by atoms with E-state index in [1.165, 1.54) is 24.8 Å². The van der Waals surface area contributed by atoms with Crippen molar-refractivity contribution >= 4 is 18.2 Å². The molecule has 1 aliphatic heterocycles. The van der Waals surface area contributed by atoms with E-state index in [-0.39, 0.29) is 12.4 Å². The third-order valence-electron chi connectivity index (χ3n) is 3.40. The lowest BCUT2D eigenvalue weighted by atomic mass is 10.2. The van der Waals surface area contributed by atoms with Gasteiger partial charge < -0.3 is 14.8 Å². The van der Waals surface area contributed by atoms with E-state index in [9.17, 15) is 0 Å². The molecule has 0 amide bonds. The molecule has 5 heteroatoms. The Labute approximate surface area is 133 Å². The molecule has 0 saturated carbocycles. The highest BCUT2D eigenvalue weighted by Crippen LogP contribution is 2.28. The SMILES string of the molecule is CCOc1ccc(CNC2=NCCCCC2)cc1OC.Cl. The summed E-state index contributed by atoms with van der Waals surface area (Å²) >= 11 is 0. The molecule has 0 radical (unpaired) electrons. The molecule has 0 unspecified atom stereocenters. The number of ether oxygens (including phenoxy) is 2. The highest BCUT2D eigenvalue weighted by molar-refractivity contribution is 5.85. The van der Waals surface area contributed by atoms with Crippen molar-refractivity contribution in [1.82, 2.24) is 5.32 Å². The number of rotatable bonds is 5. The van der Waals surface area contributed by atoms with E-state index in [2.05, 4.69) is 16.4 Å². The molecule has 0 atom stereocenters. The van der Waals surface area contributed by atoms with E-state index < -0.39 is 0 Å². The number of aliphatic imine (C=N–C) groups is 1. The Morgan fingerprint density at radius 2 is 2.05 bits per heavy atom. The van der Waals surface area contributed by atoms with Gasteiger partial charge in [-0.05, 0) is 37.5 Å². The van der Waals surface area contributed by atoms with Gasteiger partial charge in [0.1, 0.15) is 0 Å². The van der Waals surface area contributed by atoms with Crippen LogP contribution >= 0.6 is 12.4 Å². The van der Waals surface area contributed by atoms with Gasteiger partial charge in [-0.25, -0.2) is 0 Å². The molecule has 0 bridgehead atoms. The molecule has 1 heterocycles. The highest BCUT2D eigenvalue weighted by atomic mass is 35.5. The monoisotopic (exact) mass is 312 g/mol.